The third-order valence-corrected chi connectivity index (χ3v) is 8.80. The van der Waals surface area contributed by atoms with Crippen LogP contribution >= 0.6 is 0 Å². The zero-order valence-electron chi connectivity index (χ0n) is 18.8. The molecule has 1 fully saturated rings. The molecule has 2 aliphatic rings. The predicted octanol–water partition coefficient (Wildman–Crippen LogP) is 3.45. The Labute approximate surface area is 198 Å². The van der Waals surface area contributed by atoms with E-state index in [-0.39, 0.29) is 22.6 Å². The van der Waals surface area contributed by atoms with Gasteiger partial charge in [-0.25, -0.2) is 12.8 Å². The zero-order valence-corrected chi connectivity index (χ0v) is 19.6. The summed E-state index contributed by atoms with van der Waals surface area (Å²) in [5, 5.41) is -0.582. The van der Waals surface area contributed by atoms with Crippen LogP contribution in [0.4, 0.5) is 4.39 Å². The van der Waals surface area contributed by atoms with Gasteiger partial charge in [-0.15, -0.1) is 0 Å². The number of carbonyl (C=O) groups excluding carboxylic acids is 3. The maximum absolute atomic E-state index is 13.1. The molecule has 4 rings (SSSR count). The fourth-order valence-electron chi connectivity index (χ4n) is 4.56. The van der Waals surface area contributed by atoms with Crippen molar-refractivity contribution >= 4 is 27.6 Å². The number of halogens is 1. The molecular formula is C25H27FN2O5S. The molecule has 0 N–H and O–H groups in total. The summed E-state index contributed by atoms with van der Waals surface area (Å²) in [6.45, 7) is 1.07. The Morgan fingerprint density at radius 3 is 2.06 bits per heavy atom. The van der Waals surface area contributed by atoms with Gasteiger partial charge in [-0.3, -0.25) is 19.3 Å². The Morgan fingerprint density at radius 1 is 0.882 bits per heavy atom. The highest BCUT2D eigenvalue weighted by molar-refractivity contribution is 7.92. The molecule has 0 aliphatic carbocycles. The third kappa shape index (κ3) is 4.89. The van der Waals surface area contributed by atoms with E-state index in [2.05, 4.69) is 0 Å². The van der Waals surface area contributed by atoms with E-state index in [0.717, 1.165) is 12.1 Å². The number of nitrogens with zero attached hydrogens (tertiary/aromatic N) is 2. The Morgan fingerprint density at radius 2 is 1.47 bits per heavy atom. The van der Waals surface area contributed by atoms with Crippen LogP contribution in [0.15, 0.2) is 53.4 Å². The van der Waals surface area contributed by atoms with Crippen LogP contribution in [0.25, 0.3) is 0 Å². The molecule has 34 heavy (non-hydrogen) atoms. The molecule has 0 bridgehead atoms. The predicted molar refractivity (Wildman–Crippen MR) is 123 cm³/mol. The van der Waals surface area contributed by atoms with Crippen LogP contribution in [0, 0.1) is 5.82 Å². The molecule has 7 nitrogen and oxygen atoms in total. The lowest BCUT2D eigenvalue weighted by molar-refractivity contribution is -0.132. The van der Waals surface area contributed by atoms with Gasteiger partial charge in [-0.05, 0) is 62.1 Å². The van der Waals surface area contributed by atoms with Gasteiger partial charge in [0.2, 0.25) is 5.91 Å². The molecule has 2 aromatic carbocycles. The molecule has 2 aliphatic heterocycles. The molecule has 0 saturated carbocycles. The number of amides is 3. The second kappa shape index (κ2) is 10.0. The monoisotopic (exact) mass is 486 g/mol. The lowest BCUT2D eigenvalue weighted by Crippen LogP contribution is -2.42. The number of likely N-dealkylation sites (tertiary alicyclic amines) is 1. The van der Waals surface area contributed by atoms with Crippen molar-refractivity contribution in [2.75, 3.05) is 19.6 Å². The summed E-state index contributed by atoms with van der Waals surface area (Å²) in [7, 11) is -3.55. The molecule has 2 heterocycles. The van der Waals surface area contributed by atoms with Crippen LogP contribution in [0.2, 0.25) is 0 Å². The number of imide groups is 1. The summed E-state index contributed by atoms with van der Waals surface area (Å²) < 4.78 is 38.6. The van der Waals surface area contributed by atoms with Gasteiger partial charge in [0, 0.05) is 26.1 Å². The molecule has 180 valence electrons. The van der Waals surface area contributed by atoms with Crippen LogP contribution < -0.4 is 0 Å². The van der Waals surface area contributed by atoms with Crippen molar-refractivity contribution in [3.05, 3.63) is 65.5 Å². The Bertz CT molecular complexity index is 1150. The number of piperidine rings is 1. The number of sulfone groups is 1. The van der Waals surface area contributed by atoms with Crippen LogP contribution in [0.5, 0.6) is 0 Å². The molecule has 3 amide bonds. The Kier molecular flexibility index (Phi) is 7.11. The number of benzene rings is 2. The van der Waals surface area contributed by atoms with Crippen molar-refractivity contribution in [1.29, 1.82) is 0 Å². The Hall–Kier alpha value is -3.07. The second-order valence-electron chi connectivity index (χ2n) is 8.70. The lowest BCUT2D eigenvalue weighted by Gasteiger charge is -2.32. The summed E-state index contributed by atoms with van der Waals surface area (Å²) in [6, 6.07) is 11.6. The van der Waals surface area contributed by atoms with Crippen LogP contribution in [0.1, 0.15) is 59.2 Å². The molecule has 0 atom stereocenters. The van der Waals surface area contributed by atoms with E-state index in [1.807, 2.05) is 0 Å². The average molecular weight is 487 g/mol. The first-order valence-corrected chi connectivity index (χ1v) is 13.1. The van der Waals surface area contributed by atoms with Gasteiger partial charge in [-0.2, -0.15) is 0 Å². The van der Waals surface area contributed by atoms with Crippen LogP contribution in [-0.4, -0.2) is 60.8 Å². The number of carbonyl (C=O) groups is 3. The normalized spacial score (nSPS) is 16.7. The van der Waals surface area contributed by atoms with Gasteiger partial charge in [0.05, 0.1) is 21.3 Å². The first-order valence-electron chi connectivity index (χ1n) is 11.5. The minimum absolute atomic E-state index is 0.0154. The highest BCUT2D eigenvalue weighted by atomic mass is 32.2. The minimum atomic E-state index is -3.55. The van der Waals surface area contributed by atoms with Crippen molar-refractivity contribution in [2.24, 2.45) is 0 Å². The standard InChI is InChI=1S/C25H27FN2O5S/c26-18-9-11-19(12-10-18)34(32,33)20-13-16-27(17-14-20)23(29)8-2-1-5-15-28-24(30)21-6-3-4-7-22(21)25(28)31/h3-4,6-7,9-12,20H,1-2,5,8,13-17H2. The number of hydrogen-bond acceptors (Lipinski definition) is 5. The second-order valence-corrected chi connectivity index (χ2v) is 10.9. The van der Waals surface area contributed by atoms with E-state index in [0.29, 0.717) is 69.3 Å². The smallest absolute Gasteiger partial charge is 0.261 e. The summed E-state index contributed by atoms with van der Waals surface area (Å²) in [4.78, 5) is 40.4. The zero-order chi connectivity index (χ0) is 24.3. The van der Waals surface area contributed by atoms with E-state index in [9.17, 15) is 27.2 Å². The number of fused-ring (bicyclic) bond motifs is 1. The van der Waals surface area contributed by atoms with E-state index >= 15 is 0 Å². The SMILES string of the molecule is O=C(CCCCCN1C(=O)c2ccccc2C1=O)N1CCC(S(=O)(=O)c2ccc(F)cc2)CC1. The maximum atomic E-state index is 13.1. The van der Waals surface area contributed by atoms with Crippen LogP contribution in [-0.2, 0) is 14.6 Å². The largest absolute Gasteiger partial charge is 0.343 e. The summed E-state index contributed by atoms with van der Waals surface area (Å²) >= 11 is 0. The molecule has 1 saturated heterocycles. The van der Waals surface area contributed by atoms with E-state index in [1.54, 1.807) is 29.2 Å². The molecular weight excluding hydrogens is 459 g/mol. The molecule has 0 unspecified atom stereocenters. The molecule has 0 spiro atoms. The third-order valence-electron chi connectivity index (χ3n) is 6.53. The summed E-state index contributed by atoms with van der Waals surface area (Å²) in [5.74, 6) is -1.04. The van der Waals surface area contributed by atoms with Gasteiger partial charge >= 0.3 is 0 Å². The maximum Gasteiger partial charge on any atom is 0.261 e. The molecule has 0 radical (unpaired) electrons. The fraction of sp³-hybridized carbons (Fsp3) is 0.400. The van der Waals surface area contributed by atoms with Crippen molar-refractivity contribution < 1.29 is 27.2 Å². The van der Waals surface area contributed by atoms with Gasteiger partial charge in [0.1, 0.15) is 5.82 Å². The van der Waals surface area contributed by atoms with Crippen LogP contribution in [0.3, 0.4) is 0 Å². The van der Waals surface area contributed by atoms with Crippen molar-refractivity contribution in [1.82, 2.24) is 9.80 Å². The average Bonchev–Trinajstić information content (AvgIpc) is 3.09. The highest BCUT2D eigenvalue weighted by Gasteiger charge is 2.35. The molecule has 9 heteroatoms. The minimum Gasteiger partial charge on any atom is -0.343 e. The summed E-state index contributed by atoms with van der Waals surface area (Å²) in [6.07, 6.45) is 3.01. The topological polar surface area (TPSA) is 91.8 Å². The van der Waals surface area contributed by atoms with Gasteiger partial charge in [0.15, 0.2) is 9.84 Å². The molecule has 2 aromatic rings. The van der Waals surface area contributed by atoms with E-state index in [1.165, 1.54) is 17.0 Å². The van der Waals surface area contributed by atoms with E-state index in [4.69, 9.17) is 0 Å². The lowest BCUT2D eigenvalue weighted by atomic mass is 10.1. The van der Waals surface area contributed by atoms with E-state index < -0.39 is 20.9 Å². The van der Waals surface area contributed by atoms with Gasteiger partial charge in [0.25, 0.3) is 11.8 Å². The first kappa shape index (κ1) is 24.1. The fourth-order valence-corrected chi connectivity index (χ4v) is 6.29. The number of hydrogen-bond donors (Lipinski definition) is 0. The number of rotatable bonds is 8. The van der Waals surface area contributed by atoms with Crippen molar-refractivity contribution in [3.8, 4) is 0 Å². The van der Waals surface area contributed by atoms with Crippen molar-refractivity contribution in [3.63, 3.8) is 0 Å². The van der Waals surface area contributed by atoms with Gasteiger partial charge < -0.3 is 4.90 Å². The van der Waals surface area contributed by atoms with Crippen molar-refractivity contribution in [2.45, 2.75) is 48.7 Å². The number of unbranched alkanes of at least 4 members (excludes halogenated alkanes) is 2. The molecule has 0 aromatic heterocycles. The first-order chi connectivity index (χ1) is 16.3. The van der Waals surface area contributed by atoms with Gasteiger partial charge in [-0.1, -0.05) is 18.6 Å². The summed E-state index contributed by atoms with van der Waals surface area (Å²) in [5.41, 5.74) is 0.875. The Balaban J connectivity index is 1.18. The quantitative estimate of drug-likeness (QED) is 0.324. The highest BCUT2D eigenvalue weighted by Crippen LogP contribution is 2.26.